The highest BCUT2D eigenvalue weighted by atomic mass is 32.1. The summed E-state index contributed by atoms with van der Waals surface area (Å²) in [5, 5.41) is 3.72. The number of piperidine rings is 1. The van der Waals surface area contributed by atoms with E-state index < -0.39 is 0 Å². The van der Waals surface area contributed by atoms with Crippen LogP contribution in [0.3, 0.4) is 0 Å². The second-order valence-corrected chi connectivity index (χ2v) is 9.68. The van der Waals surface area contributed by atoms with Gasteiger partial charge in [-0.3, -0.25) is 0 Å². The molecule has 3 aromatic rings. The van der Waals surface area contributed by atoms with Gasteiger partial charge in [-0.25, -0.2) is 9.97 Å². The van der Waals surface area contributed by atoms with Gasteiger partial charge in [0.2, 0.25) is 0 Å². The smallest absolute Gasteiger partial charge is 0.147 e. The highest BCUT2D eigenvalue weighted by Crippen LogP contribution is 2.36. The normalized spacial score (nSPS) is 20.7. The van der Waals surface area contributed by atoms with Crippen LogP contribution in [0.15, 0.2) is 42.7 Å². The Kier molecular flexibility index (Phi) is 5.15. The molecule has 4 nitrogen and oxygen atoms in total. The minimum atomic E-state index is 0.148. The standard InChI is InChI=1S/C22H28N4S/c1-22(2,3)19-13-18-20(27-19)21(24-15-23-18)25-17-9-11-26(12-10-17)14-16-7-5-4-6-8-16/h4-8,13,15,17H,9-12,14H2,1-3H3,(H,23,24,25)/p+1. The number of likely N-dealkylation sites (tertiary alicyclic amines) is 1. The highest BCUT2D eigenvalue weighted by Gasteiger charge is 2.24. The van der Waals surface area contributed by atoms with Crippen LogP contribution in [-0.4, -0.2) is 29.1 Å². The number of aromatic nitrogens is 2. The lowest BCUT2D eigenvalue weighted by Crippen LogP contribution is -3.12. The van der Waals surface area contributed by atoms with Crippen molar-refractivity contribution in [2.24, 2.45) is 0 Å². The topological polar surface area (TPSA) is 42.2 Å². The molecule has 0 bridgehead atoms. The van der Waals surface area contributed by atoms with Gasteiger partial charge in [0.25, 0.3) is 0 Å². The maximum absolute atomic E-state index is 4.56. The van der Waals surface area contributed by atoms with Gasteiger partial charge in [-0.1, -0.05) is 51.1 Å². The van der Waals surface area contributed by atoms with E-state index in [1.165, 1.54) is 41.1 Å². The van der Waals surface area contributed by atoms with Crippen molar-refractivity contribution in [2.75, 3.05) is 18.4 Å². The van der Waals surface area contributed by atoms with Crippen molar-refractivity contribution in [1.29, 1.82) is 0 Å². The van der Waals surface area contributed by atoms with E-state index in [2.05, 4.69) is 72.5 Å². The van der Waals surface area contributed by atoms with Crippen molar-refractivity contribution in [3.63, 3.8) is 0 Å². The van der Waals surface area contributed by atoms with Gasteiger partial charge in [-0.05, 0) is 11.5 Å². The third-order valence-electron chi connectivity index (χ3n) is 5.38. The lowest BCUT2D eigenvalue weighted by atomic mass is 9.95. The van der Waals surface area contributed by atoms with Crippen LogP contribution in [0.2, 0.25) is 0 Å². The first-order valence-electron chi connectivity index (χ1n) is 9.88. The molecule has 1 saturated heterocycles. The molecule has 142 valence electrons. The zero-order chi connectivity index (χ0) is 18.9. The first-order chi connectivity index (χ1) is 13.0. The second kappa shape index (κ2) is 7.56. The van der Waals surface area contributed by atoms with E-state index >= 15 is 0 Å². The number of benzene rings is 1. The van der Waals surface area contributed by atoms with Gasteiger partial charge in [0.1, 0.15) is 18.7 Å². The molecule has 4 rings (SSSR count). The molecule has 1 fully saturated rings. The van der Waals surface area contributed by atoms with E-state index in [1.807, 2.05) is 11.3 Å². The largest absolute Gasteiger partial charge is 0.366 e. The summed E-state index contributed by atoms with van der Waals surface area (Å²) < 4.78 is 1.20. The summed E-state index contributed by atoms with van der Waals surface area (Å²) in [4.78, 5) is 12.1. The lowest BCUT2D eigenvalue weighted by Gasteiger charge is -2.30. The Hall–Kier alpha value is -1.98. The Morgan fingerprint density at radius 2 is 1.85 bits per heavy atom. The van der Waals surface area contributed by atoms with E-state index in [0.29, 0.717) is 6.04 Å². The Morgan fingerprint density at radius 3 is 2.56 bits per heavy atom. The summed E-state index contributed by atoms with van der Waals surface area (Å²) in [7, 11) is 0. The molecule has 1 aliphatic rings. The molecule has 0 amide bonds. The van der Waals surface area contributed by atoms with Crippen molar-refractivity contribution < 1.29 is 4.90 Å². The summed E-state index contributed by atoms with van der Waals surface area (Å²) in [5.74, 6) is 1.01. The molecular formula is C22H29N4S+. The van der Waals surface area contributed by atoms with Gasteiger partial charge >= 0.3 is 0 Å². The van der Waals surface area contributed by atoms with Gasteiger partial charge in [-0.2, -0.15) is 0 Å². The van der Waals surface area contributed by atoms with Crippen molar-refractivity contribution in [1.82, 2.24) is 9.97 Å². The van der Waals surface area contributed by atoms with Crippen molar-refractivity contribution in [2.45, 2.75) is 51.6 Å². The molecule has 1 aromatic carbocycles. The molecule has 0 saturated carbocycles. The van der Waals surface area contributed by atoms with Crippen molar-refractivity contribution in [3.05, 3.63) is 53.2 Å². The molecule has 2 N–H and O–H groups in total. The molecular weight excluding hydrogens is 352 g/mol. The van der Waals surface area contributed by atoms with Gasteiger partial charge in [-0.15, -0.1) is 11.3 Å². The van der Waals surface area contributed by atoms with Crippen LogP contribution in [0.4, 0.5) is 5.82 Å². The zero-order valence-corrected chi connectivity index (χ0v) is 17.3. The average Bonchev–Trinajstić information content (AvgIpc) is 3.10. The summed E-state index contributed by atoms with van der Waals surface area (Å²) >= 11 is 1.83. The van der Waals surface area contributed by atoms with Gasteiger partial charge in [0.05, 0.1) is 23.3 Å². The number of hydrogen-bond acceptors (Lipinski definition) is 4. The number of nitrogens with one attached hydrogen (secondary N) is 2. The minimum Gasteiger partial charge on any atom is -0.366 e. The fourth-order valence-electron chi connectivity index (χ4n) is 3.75. The molecule has 0 unspecified atom stereocenters. The maximum atomic E-state index is 4.56. The predicted octanol–water partition coefficient (Wildman–Crippen LogP) is 3.65. The van der Waals surface area contributed by atoms with E-state index in [4.69, 9.17) is 0 Å². The number of quaternary nitrogens is 1. The predicted molar refractivity (Wildman–Crippen MR) is 114 cm³/mol. The fraction of sp³-hybridized carbons (Fsp3) is 0.455. The van der Waals surface area contributed by atoms with Crippen LogP contribution < -0.4 is 10.2 Å². The first kappa shape index (κ1) is 18.4. The van der Waals surface area contributed by atoms with E-state index in [0.717, 1.165) is 17.9 Å². The number of fused-ring (bicyclic) bond motifs is 1. The number of anilines is 1. The fourth-order valence-corrected chi connectivity index (χ4v) is 4.87. The molecule has 3 heterocycles. The minimum absolute atomic E-state index is 0.148. The monoisotopic (exact) mass is 381 g/mol. The van der Waals surface area contributed by atoms with Gasteiger partial charge in [0, 0.05) is 29.3 Å². The molecule has 0 radical (unpaired) electrons. The van der Waals surface area contributed by atoms with E-state index in [1.54, 1.807) is 11.2 Å². The molecule has 0 atom stereocenters. The highest BCUT2D eigenvalue weighted by molar-refractivity contribution is 7.19. The third-order valence-corrected chi connectivity index (χ3v) is 6.94. The summed E-state index contributed by atoms with van der Waals surface area (Å²) in [6.45, 7) is 10.3. The van der Waals surface area contributed by atoms with Gasteiger partial charge in [0.15, 0.2) is 0 Å². The van der Waals surface area contributed by atoms with Crippen LogP contribution >= 0.6 is 11.3 Å². The Bertz CT molecular complexity index is 890. The number of nitrogens with zero attached hydrogens (tertiary/aromatic N) is 2. The molecule has 27 heavy (non-hydrogen) atoms. The van der Waals surface area contributed by atoms with Crippen LogP contribution in [-0.2, 0) is 12.0 Å². The number of thiophene rings is 1. The maximum Gasteiger partial charge on any atom is 0.147 e. The summed E-state index contributed by atoms with van der Waals surface area (Å²) in [5.41, 5.74) is 2.65. The SMILES string of the molecule is CC(C)(C)c1cc2ncnc(NC3CC[NH+](Cc4ccccc4)CC3)c2s1. The van der Waals surface area contributed by atoms with Crippen LogP contribution in [0.5, 0.6) is 0 Å². The summed E-state index contributed by atoms with van der Waals surface area (Å²) in [6.07, 6.45) is 4.07. The quantitative estimate of drug-likeness (QED) is 0.725. The Labute approximate surface area is 165 Å². The second-order valence-electron chi connectivity index (χ2n) is 8.63. The Morgan fingerprint density at radius 1 is 1.11 bits per heavy atom. The summed E-state index contributed by atoms with van der Waals surface area (Å²) in [6, 6.07) is 13.6. The molecule has 5 heteroatoms. The first-order valence-corrected chi connectivity index (χ1v) is 10.7. The third kappa shape index (κ3) is 4.30. The van der Waals surface area contributed by atoms with Gasteiger partial charge < -0.3 is 10.2 Å². The van der Waals surface area contributed by atoms with Crippen molar-refractivity contribution >= 4 is 27.4 Å². The molecule has 0 spiro atoms. The Balaban J connectivity index is 1.41. The average molecular weight is 382 g/mol. The number of hydrogen-bond donors (Lipinski definition) is 2. The molecule has 1 aliphatic heterocycles. The van der Waals surface area contributed by atoms with E-state index in [9.17, 15) is 0 Å². The number of rotatable bonds is 4. The van der Waals surface area contributed by atoms with Crippen LogP contribution in [0, 0.1) is 0 Å². The zero-order valence-electron chi connectivity index (χ0n) is 16.5. The van der Waals surface area contributed by atoms with Crippen LogP contribution in [0.25, 0.3) is 10.2 Å². The van der Waals surface area contributed by atoms with E-state index in [-0.39, 0.29) is 5.41 Å². The molecule has 2 aromatic heterocycles. The lowest BCUT2D eigenvalue weighted by molar-refractivity contribution is -0.918. The molecule has 0 aliphatic carbocycles. The van der Waals surface area contributed by atoms with Crippen molar-refractivity contribution in [3.8, 4) is 0 Å². The van der Waals surface area contributed by atoms with Crippen LogP contribution in [0.1, 0.15) is 44.1 Å².